The Bertz CT molecular complexity index is 697. The highest BCUT2D eigenvalue weighted by atomic mass is 32.2. The van der Waals surface area contributed by atoms with Gasteiger partial charge in [0.05, 0.1) is 10.6 Å². The van der Waals surface area contributed by atoms with Crippen LogP contribution in [0.2, 0.25) is 0 Å². The molecule has 0 aromatic heterocycles. The number of para-hydroxylation sites is 2. The first-order chi connectivity index (χ1) is 10.0. The smallest absolute Gasteiger partial charge is 0.240 e. The molecule has 21 heavy (non-hydrogen) atoms. The van der Waals surface area contributed by atoms with Gasteiger partial charge < -0.3 is 10.5 Å². The molecular formula is C15H18N2O3S. The minimum absolute atomic E-state index is 0.212. The van der Waals surface area contributed by atoms with E-state index in [1.165, 1.54) is 12.1 Å². The highest BCUT2D eigenvalue weighted by Gasteiger charge is 2.12. The second-order valence-corrected chi connectivity index (χ2v) is 6.28. The number of nitrogens with one attached hydrogen (secondary N) is 1. The lowest BCUT2D eigenvalue weighted by atomic mass is 10.3. The van der Waals surface area contributed by atoms with E-state index in [-0.39, 0.29) is 4.90 Å². The number of rotatable bonds is 6. The molecule has 6 heteroatoms. The monoisotopic (exact) mass is 306 g/mol. The zero-order valence-corrected chi connectivity index (χ0v) is 12.6. The van der Waals surface area contributed by atoms with Crippen LogP contribution in [0.5, 0.6) is 11.5 Å². The van der Waals surface area contributed by atoms with E-state index in [0.717, 1.165) is 6.42 Å². The van der Waals surface area contributed by atoms with E-state index in [9.17, 15) is 8.42 Å². The van der Waals surface area contributed by atoms with Crippen LogP contribution in [0.3, 0.4) is 0 Å². The summed E-state index contributed by atoms with van der Waals surface area (Å²) in [5.41, 5.74) is 6.32. The summed E-state index contributed by atoms with van der Waals surface area (Å²) in [6.07, 6.45) is 0.744. The Labute approximate surface area is 124 Å². The summed E-state index contributed by atoms with van der Waals surface area (Å²) in [5, 5.41) is 0. The third-order valence-electron chi connectivity index (χ3n) is 2.82. The highest BCUT2D eigenvalue weighted by Crippen LogP contribution is 2.27. The zero-order valence-electron chi connectivity index (χ0n) is 11.7. The van der Waals surface area contributed by atoms with Gasteiger partial charge in [0.2, 0.25) is 10.0 Å². The minimum atomic E-state index is -3.45. The van der Waals surface area contributed by atoms with Gasteiger partial charge in [-0.2, -0.15) is 0 Å². The Kier molecular flexibility index (Phi) is 4.82. The van der Waals surface area contributed by atoms with Crippen molar-refractivity contribution in [1.82, 2.24) is 4.72 Å². The Hall–Kier alpha value is -2.05. The molecule has 0 unspecified atom stereocenters. The van der Waals surface area contributed by atoms with Crippen LogP contribution in [-0.4, -0.2) is 15.0 Å². The molecule has 0 spiro atoms. The fraction of sp³-hybridized carbons (Fsp3) is 0.200. The lowest BCUT2D eigenvalue weighted by Crippen LogP contribution is -2.24. The van der Waals surface area contributed by atoms with Crippen molar-refractivity contribution in [2.75, 3.05) is 12.3 Å². The largest absolute Gasteiger partial charge is 0.455 e. The first-order valence-corrected chi connectivity index (χ1v) is 8.13. The van der Waals surface area contributed by atoms with Crippen molar-refractivity contribution in [2.45, 2.75) is 18.2 Å². The van der Waals surface area contributed by atoms with Crippen LogP contribution in [0.1, 0.15) is 13.3 Å². The molecule has 0 saturated carbocycles. The van der Waals surface area contributed by atoms with E-state index in [1.54, 1.807) is 24.3 Å². The van der Waals surface area contributed by atoms with Crippen LogP contribution in [-0.2, 0) is 10.0 Å². The molecular weight excluding hydrogens is 288 g/mol. The third kappa shape index (κ3) is 3.96. The first kappa shape index (κ1) is 15.3. The van der Waals surface area contributed by atoms with Crippen LogP contribution < -0.4 is 15.2 Å². The van der Waals surface area contributed by atoms with Crippen LogP contribution in [0.25, 0.3) is 0 Å². The highest BCUT2D eigenvalue weighted by molar-refractivity contribution is 7.89. The average Bonchev–Trinajstić information content (AvgIpc) is 2.48. The SMILES string of the molecule is CCCNS(=O)(=O)c1ccc(Oc2ccccc2N)cc1. The Balaban J connectivity index is 2.14. The molecule has 0 aliphatic heterocycles. The maximum atomic E-state index is 11.9. The van der Waals surface area contributed by atoms with Gasteiger partial charge in [-0.25, -0.2) is 13.1 Å². The number of anilines is 1. The van der Waals surface area contributed by atoms with Crippen LogP contribution in [0, 0.1) is 0 Å². The van der Waals surface area contributed by atoms with Crippen molar-refractivity contribution < 1.29 is 13.2 Å². The summed E-state index contributed by atoms with van der Waals surface area (Å²) in [5.74, 6) is 1.07. The van der Waals surface area contributed by atoms with Crippen molar-refractivity contribution in [3.05, 3.63) is 48.5 Å². The van der Waals surface area contributed by atoms with E-state index in [4.69, 9.17) is 10.5 Å². The second-order valence-electron chi connectivity index (χ2n) is 4.51. The van der Waals surface area contributed by atoms with Crippen molar-refractivity contribution in [1.29, 1.82) is 0 Å². The number of sulfonamides is 1. The molecule has 5 nitrogen and oxygen atoms in total. The Morgan fingerprint density at radius 2 is 1.76 bits per heavy atom. The minimum Gasteiger partial charge on any atom is -0.455 e. The molecule has 0 atom stereocenters. The van der Waals surface area contributed by atoms with E-state index >= 15 is 0 Å². The maximum absolute atomic E-state index is 11.9. The zero-order chi connectivity index (χ0) is 15.3. The summed E-state index contributed by atoms with van der Waals surface area (Å²) < 4.78 is 32.0. The molecule has 2 aromatic carbocycles. The summed E-state index contributed by atoms with van der Waals surface area (Å²) in [6.45, 7) is 2.32. The second kappa shape index (κ2) is 6.60. The fourth-order valence-electron chi connectivity index (χ4n) is 1.71. The third-order valence-corrected chi connectivity index (χ3v) is 4.30. The van der Waals surface area contributed by atoms with Crippen LogP contribution in [0.15, 0.2) is 53.4 Å². The van der Waals surface area contributed by atoms with Crippen LogP contribution >= 0.6 is 0 Å². The van der Waals surface area contributed by atoms with E-state index in [0.29, 0.717) is 23.7 Å². The number of hydrogen-bond donors (Lipinski definition) is 2. The Morgan fingerprint density at radius 3 is 2.38 bits per heavy atom. The number of nitrogens with two attached hydrogens (primary N) is 1. The molecule has 0 bridgehead atoms. The summed E-state index contributed by atoms with van der Waals surface area (Å²) in [6, 6.07) is 13.3. The van der Waals surface area contributed by atoms with E-state index < -0.39 is 10.0 Å². The molecule has 0 radical (unpaired) electrons. The van der Waals surface area contributed by atoms with Gasteiger partial charge in [-0.3, -0.25) is 0 Å². The van der Waals surface area contributed by atoms with Gasteiger partial charge >= 0.3 is 0 Å². The van der Waals surface area contributed by atoms with Crippen molar-refractivity contribution >= 4 is 15.7 Å². The van der Waals surface area contributed by atoms with Gasteiger partial charge in [0, 0.05) is 6.54 Å². The molecule has 0 heterocycles. The van der Waals surface area contributed by atoms with Crippen molar-refractivity contribution in [3.8, 4) is 11.5 Å². The van der Waals surface area contributed by atoms with Crippen molar-refractivity contribution in [3.63, 3.8) is 0 Å². The van der Waals surface area contributed by atoms with E-state index in [2.05, 4.69) is 4.72 Å². The lowest BCUT2D eigenvalue weighted by Gasteiger charge is -2.09. The molecule has 0 aliphatic carbocycles. The molecule has 112 valence electrons. The average molecular weight is 306 g/mol. The van der Waals surface area contributed by atoms with E-state index in [1.807, 2.05) is 19.1 Å². The summed E-state index contributed by atoms with van der Waals surface area (Å²) >= 11 is 0. The number of hydrogen-bond acceptors (Lipinski definition) is 4. The molecule has 2 rings (SSSR count). The number of ether oxygens (including phenoxy) is 1. The molecule has 0 amide bonds. The van der Waals surface area contributed by atoms with Gasteiger partial charge in [-0.1, -0.05) is 19.1 Å². The predicted octanol–water partition coefficient (Wildman–Crippen LogP) is 2.75. The molecule has 0 fully saturated rings. The molecule has 0 saturated heterocycles. The van der Waals surface area contributed by atoms with Gasteiger partial charge in [-0.05, 0) is 42.8 Å². The number of nitrogen functional groups attached to an aromatic ring is 1. The van der Waals surface area contributed by atoms with Gasteiger partial charge in [0.25, 0.3) is 0 Å². The fourth-order valence-corrected chi connectivity index (χ4v) is 2.84. The van der Waals surface area contributed by atoms with Gasteiger partial charge in [0.15, 0.2) is 0 Å². The summed E-state index contributed by atoms with van der Waals surface area (Å²) in [4.78, 5) is 0.212. The molecule has 2 aromatic rings. The van der Waals surface area contributed by atoms with Crippen molar-refractivity contribution in [2.24, 2.45) is 0 Å². The summed E-state index contributed by atoms with van der Waals surface area (Å²) in [7, 11) is -3.45. The lowest BCUT2D eigenvalue weighted by molar-refractivity contribution is 0.484. The van der Waals surface area contributed by atoms with Crippen LogP contribution in [0.4, 0.5) is 5.69 Å². The normalized spacial score (nSPS) is 11.3. The topological polar surface area (TPSA) is 81.4 Å². The number of benzene rings is 2. The predicted molar refractivity (Wildman–Crippen MR) is 82.8 cm³/mol. The van der Waals surface area contributed by atoms with Gasteiger partial charge in [-0.15, -0.1) is 0 Å². The molecule has 0 aliphatic rings. The Morgan fingerprint density at radius 1 is 1.10 bits per heavy atom. The standard InChI is InChI=1S/C15H18N2O3S/c1-2-11-17-21(18,19)13-9-7-12(8-10-13)20-15-6-4-3-5-14(15)16/h3-10,17H,2,11,16H2,1H3. The first-order valence-electron chi connectivity index (χ1n) is 6.65. The quantitative estimate of drug-likeness (QED) is 0.804. The maximum Gasteiger partial charge on any atom is 0.240 e. The van der Waals surface area contributed by atoms with Gasteiger partial charge in [0.1, 0.15) is 11.5 Å². The molecule has 3 N–H and O–H groups in total.